The molecule has 0 saturated carbocycles. The summed E-state index contributed by atoms with van der Waals surface area (Å²) in [6.45, 7) is 8.01. The summed E-state index contributed by atoms with van der Waals surface area (Å²) in [6.07, 6.45) is 3.35. The molecule has 0 saturated heterocycles. The molecule has 3 heterocycles. The number of aromatic amines is 1. The Balaban J connectivity index is 1.33. The zero-order valence-electron chi connectivity index (χ0n) is 24.1. The number of nitrogens with one attached hydrogen (secondary N) is 3. The molecule has 3 N–H and O–H groups in total. The Bertz CT molecular complexity index is 1760. The molecule has 216 valence electrons. The molecule has 5 aromatic rings. The summed E-state index contributed by atoms with van der Waals surface area (Å²) in [5.41, 5.74) is 3.14. The number of aromatic nitrogens is 4. The molecular formula is C31H31ClN6O4. The van der Waals surface area contributed by atoms with Crippen molar-refractivity contribution in [3.05, 3.63) is 77.5 Å². The summed E-state index contributed by atoms with van der Waals surface area (Å²) < 4.78 is 17.0. The van der Waals surface area contributed by atoms with Crippen LogP contribution in [0, 0.1) is 6.92 Å². The molecule has 0 unspecified atom stereocenters. The number of carbonyl (C=O) groups excluding carboxylic acids is 1. The van der Waals surface area contributed by atoms with Gasteiger partial charge in [-0.1, -0.05) is 32.4 Å². The van der Waals surface area contributed by atoms with Crippen molar-refractivity contribution in [1.29, 1.82) is 0 Å². The Morgan fingerprint density at radius 3 is 2.33 bits per heavy atom. The molecule has 0 bridgehead atoms. The van der Waals surface area contributed by atoms with Gasteiger partial charge in [0.1, 0.15) is 22.5 Å². The number of hydrogen-bond acceptors (Lipinski definition) is 7. The van der Waals surface area contributed by atoms with Gasteiger partial charge in [0, 0.05) is 40.5 Å². The number of imidazole rings is 1. The summed E-state index contributed by atoms with van der Waals surface area (Å²) in [4.78, 5) is 29.7. The molecule has 0 radical (unpaired) electrons. The number of ether oxygens (including phenoxy) is 3. The lowest BCUT2D eigenvalue weighted by molar-refractivity contribution is 0.262. The van der Waals surface area contributed by atoms with Crippen LogP contribution in [0.25, 0.3) is 22.2 Å². The molecule has 0 aliphatic rings. The van der Waals surface area contributed by atoms with E-state index in [9.17, 15) is 4.79 Å². The van der Waals surface area contributed by atoms with Crippen LogP contribution in [0.2, 0.25) is 5.15 Å². The normalized spacial score (nSPS) is 11.3. The van der Waals surface area contributed by atoms with E-state index < -0.39 is 6.03 Å². The molecule has 11 heteroatoms. The van der Waals surface area contributed by atoms with Crippen LogP contribution in [-0.2, 0) is 5.41 Å². The second kappa shape index (κ2) is 11.6. The van der Waals surface area contributed by atoms with E-state index in [1.54, 1.807) is 63.0 Å². The lowest BCUT2D eigenvalue weighted by Crippen LogP contribution is -2.20. The highest BCUT2D eigenvalue weighted by Crippen LogP contribution is 2.37. The third-order valence-corrected chi connectivity index (χ3v) is 6.74. The lowest BCUT2D eigenvalue weighted by Gasteiger charge is -2.14. The van der Waals surface area contributed by atoms with Crippen LogP contribution < -0.4 is 24.8 Å². The Morgan fingerprint density at radius 1 is 0.929 bits per heavy atom. The van der Waals surface area contributed by atoms with Crippen LogP contribution in [0.15, 0.2) is 60.9 Å². The number of urea groups is 1. The van der Waals surface area contributed by atoms with Crippen LogP contribution in [0.4, 0.5) is 16.3 Å². The second-order valence-corrected chi connectivity index (χ2v) is 11.0. The number of H-pyrrole nitrogens is 1. The summed E-state index contributed by atoms with van der Waals surface area (Å²) >= 11 is 6.41. The van der Waals surface area contributed by atoms with Gasteiger partial charge in [-0.25, -0.2) is 14.8 Å². The molecular weight excluding hydrogens is 556 g/mol. The first-order valence-corrected chi connectivity index (χ1v) is 13.5. The van der Waals surface area contributed by atoms with E-state index in [4.69, 9.17) is 25.8 Å². The van der Waals surface area contributed by atoms with Crippen molar-refractivity contribution in [3.63, 3.8) is 0 Å². The summed E-state index contributed by atoms with van der Waals surface area (Å²) in [5.74, 6) is 3.39. The van der Waals surface area contributed by atoms with Crippen molar-refractivity contribution >= 4 is 40.0 Å². The minimum Gasteiger partial charge on any atom is -0.493 e. The van der Waals surface area contributed by atoms with E-state index in [0.29, 0.717) is 62.3 Å². The fourth-order valence-corrected chi connectivity index (χ4v) is 4.48. The third kappa shape index (κ3) is 6.08. The second-order valence-electron chi connectivity index (χ2n) is 10.6. The number of rotatable bonds is 7. The monoisotopic (exact) mass is 586 g/mol. The highest BCUT2D eigenvalue weighted by molar-refractivity contribution is 6.32. The van der Waals surface area contributed by atoms with E-state index in [-0.39, 0.29) is 5.41 Å². The van der Waals surface area contributed by atoms with Gasteiger partial charge in [-0.05, 0) is 55.0 Å². The minimum atomic E-state index is -0.463. The number of nitrogens with zero attached hydrogens (tertiary/aromatic N) is 3. The van der Waals surface area contributed by atoms with Crippen LogP contribution in [-0.4, -0.2) is 40.2 Å². The highest BCUT2D eigenvalue weighted by atomic mass is 35.5. The van der Waals surface area contributed by atoms with E-state index in [0.717, 1.165) is 10.9 Å². The Morgan fingerprint density at radius 2 is 1.64 bits per heavy atom. The molecule has 2 aromatic carbocycles. The number of fused-ring (bicyclic) bond motifs is 1. The van der Waals surface area contributed by atoms with E-state index in [1.165, 1.54) is 0 Å². The van der Waals surface area contributed by atoms with E-state index in [1.807, 2.05) is 39.8 Å². The van der Waals surface area contributed by atoms with Crippen molar-refractivity contribution in [2.75, 3.05) is 24.9 Å². The number of benzene rings is 2. The van der Waals surface area contributed by atoms with Crippen molar-refractivity contribution < 1.29 is 19.0 Å². The van der Waals surface area contributed by atoms with Gasteiger partial charge in [-0.15, -0.1) is 0 Å². The Kier molecular flexibility index (Phi) is 7.91. The maximum absolute atomic E-state index is 13.0. The van der Waals surface area contributed by atoms with Gasteiger partial charge in [-0.2, -0.15) is 0 Å². The molecule has 2 amide bonds. The number of amides is 2. The van der Waals surface area contributed by atoms with Crippen molar-refractivity contribution in [2.24, 2.45) is 0 Å². The van der Waals surface area contributed by atoms with Gasteiger partial charge in [-0.3, -0.25) is 10.3 Å². The third-order valence-electron chi connectivity index (χ3n) is 6.44. The zero-order chi connectivity index (χ0) is 30.0. The number of halogens is 1. The Hall–Kier alpha value is -4.83. The molecule has 0 fully saturated rings. The lowest BCUT2D eigenvalue weighted by atomic mass is 9.96. The number of hydrogen-bond donors (Lipinski definition) is 3. The van der Waals surface area contributed by atoms with E-state index >= 15 is 0 Å². The molecule has 0 spiro atoms. The van der Waals surface area contributed by atoms with Gasteiger partial charge < -0.3 is 24.5 Å². The topological polar surface area (TPSA) is 123 Å². The summed E-state index contributed by atoms with van der Waals surface area (Å²) in [6, 6.07) is 13.8. The Labute approximate surface area is 248 Å². The SMILES string of the molecule is COc1cc2nccc(Oc3ccc(NC(=O)Nc4nc(C(C)(C)C)[nH]c4-c4cc(C)cnc4Cl)cc3)c2cc1OC. The number of carbonyl (C=O) groups is 1. The van der Waals surface area contributed by atoms with Crippen LogP contribution in [0.3, 0.4) is 0 Å². The van der Waals surface area contributed by atoms with Crippen LogP contribution in [0.1, 0.15) is 32.2 Å². The number of pyridine rings is 2. The number of aryl methyl sites for hydroxylation is 1. The maximum atomic E-state index is 13.0. The molecule has 0 aliphatic carbocycles. The largest absolute Gasteiger partial charge is 0.493 e. The van der Waals surface area contributed by atoms with Crippen LogP contribution >= 0.6 is 11.6 Å². The van der Waals surface area contributed by atoms with Gasteiger partial charge in [0.2, 0.25) is 0 Å². The van der Waals surface area contributed by atoms with Gasteiger partial charge in [0.05, 0.1) is 25.4 Å². The first-order chi connectivity index (χ1) is 20.0. The molecule has 0 aliphatic heterocycles. The predicted molar refractivity (Wildman–Crippen MR) is 164 cm³/mol. The molecule has 3 aromatic heterocycles. The average molecular weight is 587 g/mol. The van der Waals surface area contributed by atoms with Crippen molar-refractivity contribution in [1.82, 2.24) is 19.9 Å². The first-order valence-electron chi connectivity index (χ1n) is 13.2. The van der Waals surface area contributed by atoms with Gasteiger partial charge in [0.15, 0.2) is 17.3 Å². The van der Waals surface area contributed by atoms with Gasteiger partial charge in [0.25, 0.3) is 0 Å². The quantitative estimate of drug-likeness (QED) is 0.167. The standard InChI is InChI=1S/C31H31ClN6O4/c1-17-13-21(27(32)34-16-17)26-28(37-29(36-26)31(2,3)4)38-30(39)35-18-7-9-19(10-8-18)42-23-11-12-33-22-15-25(41-6)24(40-5)14-20(22)23/h7-16H,1-6H3,(H,36,37)(H2,35,38,39). The molecule has 5 rings (SSSR count). The predicted octanol–water partition coefficient (Wildman–Crippen LogP) is 7.73. The first kappa shape index (κ1) is 28.7. The van der Waals surface area contributed by atoms with Crippen molar-refractivity contribution in [3.8, 4) is 34.3 Å². The molecule has 0 atom stereocenters. The molecule has 42 heavy (non-hydrogen) atoms. The maximum Gasteiger partial charge on any atom is 0.324 e. The van der Waals surface area contributed by atoms with Gasteiger partial charge >= 0.3 is 6.03 Å². The minimum absolute atomic E-state index is 0.290. The smallest absolute Gasteiger partial charge is 0.324 e. The fourth-order valence-electron chi connectivity index (χ4n) is 4.28. The zero-order valence-corrected chi connectivity index (χ0v) is 24.9. The van der Waals surface area contributed by atoms with Crippen LogP contribution in [0.5, 0.6) is 23.0 Å². The highest BCUT2D eigenvalue weighted by Gasteiger charge is 2.24. The number of methoxy groups -OCH3 is 2. The van der Waals surface area contributed by atoms with E-state index in [2.05, 4.69) is 30.6 Å². The fraction of sp³-hybridized carbons (Fsp3) is 0.226. The summed E-state index contributed by atoms with van der Waals surface area (Å²) in [5, 5.41) is 6.77. The number of anilines is 2. The average Bonchev–Trinajstić information content (AvgIpc) is 3.38. The molecule has 10 nitrogen and oxygen atoms in total. The van der Waals surface area contributed by atoms with Crippen molar-refractivity contribution in [2.45, 2.75) is 33.1 Å². The summed E-state index contributed by atoms with van der Waals surface area (Å²) in [7, 11) is 3.15.